The van der Waals surface area contributed by atoms with Crippen molar-refractivity contribution >= 4 is 11.6 Å². The van der Waals surface area contributed by atoms with Gasteiger partial charge in [-0.25, -0.2) is 4.98 Å². The van der Waals surface area contributed by atoms with Crippen LogP contribution in [0.15, 0.2) is 29.1 Å². The number of rotatable bonds is 3. The fourth-order valence-corrected chi connectivity index (χ4v) is 2.29. The van der Waals surface area contributed by atoms with Crippen molar-refractivity contribution in [2.24, 2.45) is 0 Å². The maximum Gasteiger partial charge on any atom is 0.181 e. The zero-order chi connectivity index (χ0) is 12.4. The lowest BCUT2D eigenvalue weighted by Gasteiger charge is -2.19. The summed E-state index contributed by atoms with van der Waals surface area (Å²) in [4.78, 5) is 3.84. The molecular formula is C13H13ClN2O2. The quantitative estimate of drug-likeness (QED) is 0.926. The molecule has 94 valence electrons. The monoisotopic (exact) mass is 264 g/mol. The number of aromatic nitrogens is 1. The van der Waals surface area contributed by atoms with Gasteiger partial charge in [0.05, 0.1) is 11.2 Å². The number of nitrogens with zero attached hydrogens (tertiary/aromatic N) is 1. The summed E-state index contributed by atoms with van der Waals surface area (Å²) in [6.07, 6.45) is 4.03. The van der Waals surface area contributed by atoms with Crippen LogP contribution >= 0.6 is 11.6 Å². The van der Waals surface area contributed by atoms with Crippen LogP contribution in [0.25, 0.3) is 0 Å². The van der Waals surface area contributed by atoms with Crippen molar-refractivity contribution in [3.8, 4) is 5.75 Å². The molecule has 0 aliphatic carbocycles. The van der Waals surface area contributed by atoms with Gasteiger partial charge in [-0.3, -0.25) is 0 Å². The molecule has 0 fully saturated rings. The molecule has 1 aromatic heterocycles. The lowest BCUT2D eigenvalue weighted by atomic mass is 10.0. The van der Waals surface area contributed by atoms with E-state index in [4.69, 9.17) is 20.8 Å². The van der Waals surface area contributed by atoms with Crippen LogP contribution in [0.5, 0.6) is 5.75 Å². The minimum atomic E-state index is 0.344. The van der Waals surface area contributed by atoms with Gasteiger partial charge in [-0.05, 0) is 36.2 Å². The van der Waals surface area contributed by atoms with Crippen LogP contribution in [0.2, 0.25) is 5.02 Å². The standard InChI is InChI=1S/C13H13ClN2O2/c14-12-3-10-5-15-2-1-9(10)4-13(12)17-7-11-6-16-8-18-11/h3-4,6,8,15H,1-2,5,7H2. The highest BCUT2D eigenvalue weighted by atomic mass is 35.5. The zero-order valence-electron chi connectivity index (χ0n) is 9.78. The third kappa shape index (κ3) is 2.35. The summed E-state index contributed by atoms with van der Waals surface area (Å²) in [5.74, 6) is 1.39. The second-order valence-corrected chi connectivity index (χ2v) is 4.64. The van der Waals surface area contributed by atoms with Gasteiger partial charge in [0.2, 0.25) is 0 Å². The van der Waals surface area contributed by atoms with Crippen molar-refractivity contribution in [2.75, 3.05) is 6.54 Å². The van der Waals surface area contributed by atoms with Crippen LogP contribution in [-0.4, -0.2) is 11.5 Å². The van der Waals surface area contributed by atoms with Crippen molar-refractivity contribution in [3.63, 3.8) is 0 Å². The van der Waals surface area contributed by atoms with Gasteiger partial charge in [0.15, 0.2) is 12.2 Å². The Morgan fingerprint density at radius 3 is 3.17 bits per heavy atom. The van der Waals surface area contributed by atoms with E-state index in [0.29, 0.717) is 23.1 Å². The molecule has 1 aromatic carbocycles. The number of hydrogen-bond acceptors (Lipinski definition) is 4. The summed E-state index contributed by atoms with van der Waals surface area (Å²) in [7, 11) is 0. The lowest BCUT2D eigenvalue weighted by Crippen LogP contribution is -2.23. The number of hydrogen-bond donors (Lipinski definition) is 1. The van der Waals surface area contributed by atoms with Crippen molar-refractivity contribution < 1.29 is 9.15 Å². The molecule has 0 bridgehead atoms. The number of halogens is 1. The Morgan fingerprint density at radius 2 is 2.33 bits per heavy atom. The predicted molar refractivity (Wildman–Crippen MR) is 67.7 cm³/mol. The van der Waals surface area contributed by atoms with Crippen molar-refractivity contribution in [1.29, 1.82) is 0 Å². The molecule has 2 aromatic rings. The first-order valence-corrected chi connectivity index (χ1v) is 6.23. The van der Waals surface area contributed by atoms with Gasteiger partial charge in [-0.15, -0.1) is 0 Å². The van der Waals surface area contributed by atoms with Crippen LogP contribution in [0.4, 0.5) is 0 Å². The normalized spacial score (nSPS) is 14.3. The fraction of sp³-hybridized carbons (Fsp3) is 0.308. The first-order valence-electron chi connectivity index (χ1n) is 5.85. The molecule has 0 atom stereocenters. The first-order chi connectivity index (χ1) is 8.83. The molecule has 1 aliphatic rings. The first kappa shape index (κ1) is 11.6. The molecule has 1 N–H and O–H groups in total. The highest BCUT2D eigenvalue weighted by Crippen LogP contribution is 2.30. The van der Waals surface area contributed by atoms with Gasteiger partial charge >= 0.3 is 0 Å². The summed E-state index contributed by atoms with van der Waals surface area (Å²) in [6.45, 7) is 2.21. The zero-order valence-corrected chi connectivity index (χ0v) is 10.5. The predicted octanol–water partition coefficient (Wildman–Crippen LogP) is 2.55. The van der Waals surface area contributed by atoms with E-state index in [9.17, 15) is 0 Å². The maximum absolute atomic E-state index is 6.20. The Bertz CT molecular complexity index is 540. The molecule has 5 heteroatoms. The number of ether oxygens (including phenoxy) is 1. The molecular weight excluding hydrogens is 252 g/mol. The van der Waals surface area contributed by atoms with Crippen molar-refractivity contribution in [1.82, 2.24) is 10.3 Å². The van der Waals surface area contributed by atoms with Gasteiger partial charge in [-0.2, -0.15) is 0 Å². The molecule has 0 saturated heterocycles. The Kier molecular flexibility index (Phi) is 3.21. The van der Waals surface area contributed by atoms with E-state index in [1.165, 1.54) is 17.5 Å². The van der Waals surface area contributed by atoms with E-state index in [2.05, 4.69) is 10.3 Å². The van der Waals surface area contributed by atoms with Crippen LogP contribution in [0.3, 0.4) is 0 Å². The second kappa shape index (κ2) is 5.00. The number of fused-ring (bicyclic) bond motifs is 1. The van der Waals surface area contributed by atoms with Crippen molar-refractivity contribution in [2.45, 2.75) is 19.6 Å². The SMILES string of the molecule is Clc1cc2c(cc1OCc1cnco1)CCNC2. The minimum absolute atomic E-state index is 0.344. The van der Waals surface area contributed by atoms with Crippen LogP contribution < -0.4 is 10.1 Å². The number of nitrogens with one attached hydrogen (secondary N) is 1. The van der Waals surface area contributed by atoms with Crippen LogP contribution in [-0.2, 0) is 19.6 Å². The van der Waals surface area contributed by atoms with Gasteiger partial charge < -0.3 is 14.5 Å². The summed E-state index contributed by atoms with van der Waals surface area (Å²) in [5.41, 5.74) is 2.55. The summed E-state index contributed by atoms with van der Waals surface area (Å²) in [6, 6.07) is 3.99. The summed E-state index contributed by atoms with van der Waals surface area (Å²) < 4.78 is 10.8. The van der Waals surface area contributed by atoms with Crippen LogP contribution in [0, 0.1) is 0 Å². The molecule has 0 spiro atoms. The molecule has 3 rings (SSSR count). The number of oxazole rings is 1. The fourth-order valence-electron chi connectivity index (χ4n) is 2.05. The lowest BCUT2D eigenvalue weighted by molar-refractivity contribution is 0.270. The molecule has 0 amide bonds. The van der Waals surface area contributed by atoms with Crippen LogP contribution in [0.1, 0.15) is 16.9 Å². The van der Waals surface area contributed by atoms with Gasteiger partial charge in [-0.1, -0.05) is 11.6 Å². The molecule has 2 heterocycles. The Labute approximate surface area is 110 Å². The minimum Gasteiger partial charge on any atom is -0.484 e. The highest BCUT2D eigenvalue weighted by Gasteiger charge is 2.13. The van der Waals surface area contributed by atoms with E-state index in [0.717, 1.165) is 19.5 Å². The van der Waals surface area contributed by atoms with Gasteiger partial charge in [0.1, 0.15) is 12.4 Å². The van der Waals surface area contributed by atoms with E-state index in [-0.39, 0.29) is 0 Å². The topological polar surface area (TPSA) is 47.3 Å². The largest absolute Gasteiger partial charge is 0.484 e. The average Bonchev–Trinajstić information content (AvgIpc) is 2.89. The van der Waals surface area contributed by atoms with E-state index >= 15 is 0 Å². The van der Waals surface area contributed by atoms with E-state index in [1.807, 2.05) is 12.1 Å². The Balaban J connectivity index is 1.79. The average molecular weight is 265 g/mol. The summed E-state index contributed by atoms with van der Waals surface area (Å²) in [5, 5.41) is 3.96. The molecule has 1 aliphatic heterocycles. The molecule has 0 unspecified atom stereocenters. The molecule has 18 heavy (non-hydrogen) atoms. The van der Waals surface area contributed by atoms with Crippen molar-refractivity contribution in [3.05, 3.63) is 46.6 Å². The second-order valence-electron chi connectivity index (χ2n) is 4.23. The highest BCUT2D eigenvalue weighted by molar-refractivity contribution is 6.32. The summed E-state index contributed by atoms with van der Waals surface area (Å²) >= 11 is 6.20. The number of benzene rings is 1. The molecule has 0 radical (unpaired) electrons. The van der Waals surface area contributed by atoms with E-state index < -0.39 is 0 Å². The smallest absolute Gasteiger partial charge is 0.181 e. The third-order valence-electron chi connectivity index (χ3n) is 2.99. The molecule has 4 nitrogen and oxygen atoms in total. The Morgan fingerprint density at radius 1 is 1.39 bits per heavy atom. The van der Waals surface area contributed by atoms with Gasteiger partial charge in [0.25, 0.3) is 0 Å². The molecule has 0 saturated carbocycles. The maximum atomic E-state index is 6.20. The third-order valence-corrected chi connectivity index (χ3v) is 3.29. The van der Waals surface area contributed by atoms with E-state index in [1.54, 1.807) is 6.20 Å². The van der Waals surface area contributed by atoms with Gasteiger partial charge in [0, 0.05) is 6.54 Å². The Hall–Kier alpha value is -1.52.